The van der Waals surface area contributed by atoms with E-state index >= 15 is 0 Å². The number of piperidine rings is 2. The number of nitrogens with one attached hydrogen (secondary N) is 1. The molecule has 2 heterocycles. The summed E-state index contributed by atoms with van der Waals surface area (Å²) in [7, 11) is 1.69. The topological polar surface area (TPSA) is 79.0 Å². The van der Waals surface area contributed by atoms with Crippen LogP contribution in [0, 0.1) is 11.8 Å². The molecule has 1 atom stereocenters. The Morgan fingerprint density at radius 1 is 1.16 bits per heavy atom. The minimum atomic E-state index is -0.243. The van der Waals surface area contributed by atoms with Crippen LogP contribution in [0.1, 0.15) is 32.6 Å². The molecule has 0 aromatic carbocycles. The van der Waals surface area contributed by atoms with Crippen LogP contribution < -0.4 is 5.32 Å². The van der Waals surface area contributed by atoms with Crippen molar-refractivity contribution in [3.05, 3.63) is 0 Å². The molecule has 2 fully saturated rings. The molecule has 1 unspecified atom stereocenters. The molecule has 8 heteroatoms. The fourth-order valence-electron chi connectivity index (χ4n) is 3.42. The van der Waals surface area contributed by atoms with Crippen LogP contribution in [0.15, 0.2) is 0 Å². The van der Waals surface area contributed by atoms with Gasteiger partial charge in [-0.15, -0.1) is 12.4 Å². The van der Waals surface area contributed by atoms with Crippen LogP contribution in [0.5, 0.6) is 0 Å². The van der Waals surface area contributed by atoms with Gasteiger partial charge in [0, 0.05) is 26.1 Å². The standard InChI is InChI=1S/C17H29N3O4.ClH/c1-3-24-17(23)14-5-4-10-20(11-14)15(21)12-19(2)16(22)13-6-8-18-9-7-13;/h13-14,18H,3-12H2,1-2H3;1H. The van der Waals surface area contributed by atoms with Crippen LogP contribution in [0.25, 0.3) is 0 Å². The Morgan fingerprint density at radius 2 is 1.84 bits per heavy atom. The first-order valence-corrected chi connectivity index (χ1v) is 8.93. The highest BCUT2D eigenvalue weighted by Crippen LogP contribution is 2.19. The number of esters is 1. The zero-order valence-corrected chi connectivity index (χ0v) is 16.0. The molecule has 0 saturated carbocycles. The molecule has 2 saturated heterocycles. The second-order valence-corrected chi connectivity index (χ2v) is 6.65. The van der Waals surface area contributed by atoms with Gasteiger partial charge in [-0.25, -0.2) is 0 Å². The summed E-state index contributed by atoms with van der Waals surface area (Å²) in [6, 6.07) is 0. The summed E-state index contributed by atoms with van der Waals surface area (Å²) < 4.78 is 5.06. The molecule has 0 aromatic heterocycles. The molecule has 1 N–H and O–H groups in total. The lowest BCUT2D eigenvalue weighted by molar-refractivity contribution is -0.152. The van der Waals surface area contributed by atoms with Gasteiger partial charge in [-0.05, 0) is 45.7 Å². The van der Waals surface area contributed by atoms with Gasteiger partial charge in [-0.2, -0.15) is 0 Å². The van der Waals surface area contributed by atoms with Gasteiger partial charge in [0.1, 0.15) is 0 Å². The second kappa shape index (κ2) is 10.6. The van der Waals surface area contributed by atoms with E-state index in [0.717, 1.165) is 38.8 Å². The largest absolute Gasteiger partial charge is 0.466 e. The van der Waals surface area contributed by atoms with Crippen molar-refractivity contribution in [1.29, 1.82) is 0 Å². The maximum absolute atomic E-state index is 12.5. The molecule has 0 radical (unpaired) electrons. The Labute approximate surface area is 155 Å². The van der Waals surface area contributed by atoms with Gasteiger partial charge in [-0.1, -0.05) is 0 Å². The highest BCUT2D eigenvalue weighted by Gasteiger charge is 2.31. The van der Waals surface area contributed by atoms with Crippen molar-refractivity contribution in [3.8, 4) is 0 Å². The summed E-state index contributed by atoms with van der Waals surface area (Å²) in [5, 5.41) is 3.24. The number of ether oxygens (including phenoxy) is 1. The second-order valence-electron chi connectivity index (χ2n) is 6.65. The summed E-state index contributed by atoms with van der Waals surface area (Å²) >= 11 is 0. The number of hydrogen-bond acceptors (Lipinski definition) is 5. The quantitative estimate of drug-likeness (QED) is 0.714. The summed E-state index contributed by atoms with van der Waals surface area (Å²) in [5.74, 6) is -0.502. The molecule has 0 aliphatic carbocycles. The van der Waals surface area contributed by atoms with Crippen molar-refractivity contribution >= 4 is 30.2 Å². The zero-order chi connectivity index (χ0) is 17.5. The lowest BCUT2D eigenvalue weighted by Crippen LogP contribution is -2.48. The van der Waals surface area contributed by atoms with Gasteiger partial charge in [-0.3, -0.25) is 14.4 Å². The Morgan fingerprint density at radius 3 is 2.48 bits per heavy atom. The Balaban J connectivity index is 0.00000312. The molecule has 2 aliphatic rings. The summed E-state index contributed by atoms with van der Waals surface area (Å²) in [6.45, 7) is 4.97. The van der Waals surface area contributed by atoms with Crippen LogP contribution >= 0.6 is 12.4 Å². The molecule has 2 aliphatic heterocycles. The van der Waals surface area contributed by atoms with Gasteiger partial charge >= 0.3 is 5.97 Å². The summed E-state index contributed by atoms with van der Waals surface area (Å²) in [6.07, 6.45) is 3.20. The number of carbonyl (C=O) groups is 3. The van der Waals surface area contributed by atoms with Crippen LogP contribution in [0.3, 0.4) is 0 Å². The number of carbonyl (C=O) groups excluding carboxylic acids is 3. The number of nitrogens with zero attached hydrogens (tertiary/aromatic N) is 2. The van der Waals surface area contributed by atoms with Gasteiger partial charge in [0.15, 0.2) is 0 Å². The van der Waals surface area contributed by atoms with Crippen molar-refractivity contribution in [2.45, 2.75) is 32.6 Å². The Bertz CT molecular complexity index is 469. The predicted octanol–water partition coefficient (Wildman–Crippen LogP) is 0.668. The molecule has 0 bridgehead atoms. The van der Waals surface area contributed by atoms with E-state index in [4.69, 9.17) is 4.74 Å². The molecule has 7 nitrogen and oxygen atoms in total. The first-order chi connectivity index (χ1) is 11.5. The number of likely N-dealkylation sites (N-methyl/N-ethyl adjacent to an activating group) is 1. The van der Waals surface area contributed by atoms with E-state index in [9.17, 15) is 14.4 Å². The van der Waals surface area contributed by atoms with Crippen molar-refractivity contribution in [1.82, 2.24) is 15.1 Å². The van der Waals surface area contributed by atoms with E-state index in [1.165, 1.54) is 4.90 Å². The molecule has 2 rings (SSSR count). The number of hydrogen-bond donors (Lipinski definition) is 1. The lowest BCUT2D eigenvalue weighted by atomic mass is 9.96. The number of likely N-dealkylation sites (tertiary alicyclic amines) is 1. The molecule has 2 amide bonds. The molecular weight excluding hydrogens is 346 g/mol. The maximum atomic E-state index is 12.5. The highest BCUT2D eigenvalue weighted by atomic mass is 35.5. The van der Waals surface area contributed by atoms with Crippen molar-refractivity contribution in [3.63, 3.8) is 0 Å². The van der Waals surface area contributed by atoms with E-state index in [-0.39, 0.29) is 48.6 Å². The van der Waals surface area contributed by atoms with Crippen LogP contribution in [0.2, 0.25) is 0 Å². The number of rotatable bonds is 5. The zero-order valence-electron chi connectivity index (χ0n) is 15.2. The highest BCUT2D eigenvalue weighted by molar-refractivity contribution is 5.86. The van der Waals surface area contributed by atoms with E-state index < -0.39 is 0 Å². The van der Waals surface area contributed by atoms with Gasteiger partial charge < -0.3 is 19.9 Å². The maximum Gasteiger partial charge on any atom is 0.310 e. The van der Waals surface area contributed by atoms with Crippen molar-refractivity contribution in [2.75, 3.05) is 46.4 Å². The van der Waals surface area contributed by atoms with Crippen LogP contribution in [0.4, 0.5) is 0 Å². The lowest BCUT2D eigenvalue weighted by Gasteiger charge is -2.33. The van der Waals surface area contributed by atoms with Gasteiger partial charge in [0.25, 0.3) is 0 Å². The van der Waals surface area contributed by atoms with E-state index in [2.05, 4.69) is 5.32 Å². The SMILES string of the molecule is CCOC(=O)C1CCCN(C(=O)CN(C)C(=O)C2CCNCC2)C1.Cl. The van der Waals surface area contributed by atoms with E-state index in [0.29, 0.717) is 19.7 Å². The first kappa shape index (κ1) is 21.7. The van der Waals surface area contributed by atoms with Gasteiger partial charge in [0.2, 0.25) is 11.8 Å². The predicted molar refractivity (Wildman–Crippen MR) is 96.4 cm³/mol. The summed E-state index contributed by atoms with van der Waals surface area (Å²) in [5.41, 5.74) is 0. The van der Waals surface area contributed by atoms with E-state index in [1.807, 2.05) is 0 Å². The van der Waals surface area contributed by atoms with Gasteiger partial charge in [0.05, 0.1) is 19.1 Å². The Hall–Kier alpha value is -1.34. The monoisotopic (exact) mass is 375 g/mol. The average Bonchev–Trinajstić information content (AvgIpc) is 2.62. The average molecular weight is 376 g/mol. The summed E-state index contributed by atoms with van der Waals surface area (Å²) in [4.78, 5) is 40.0. The van der Waals surface area contributed by atoms with E-state index in [1.54, 1.807) is 18.9 Å². The van der Waals surface area contributed by atoms with Crippen molar-refractivity contribution < 1.29 is 19.1 Å². The van der Waals surface area contributed by atoms with Crippen LogP contribution in [-0.2, 0) is 19.1 Å². The minimum Gasteiger partial charge on any atom is -0.466 e. The molecule has 0 spiro atoms. The normalized spacial score (nSPS) is 21.2. The van der Waals surface area contributed by atoms with Crippen LogP contribution in [-0.4, -0.2) is 74.0 Å². The minimum absolute atomic E-state index is 0. The molecule has 0 aromatic rings. The third-order valence-electron chi connectivity index (χ3n) is 4.83. The van der Waals surface area contributed by atoms with Crippen molar-refractivity contribution in [2.24, 2.45) is 11.8 Å². The smallest absolute Gasteiger partial charge is 0.310 e. The number of amides is 2. The number of halogens is 1. The fourth-order valence-corrected chi connectivity index (χ4v) is 3.42. The Kier molecular flexibility index (Phi) is 9.21. The fraction of sp³-hybridized carbons (Fsp3) is 0.824. The third-order valence-corrected chi connectivity index (χ3v) is 4.83. The third kappa shape index (κ3) is 6.15. The molecule has 144 valence electrons. The molecular formula is C17H30ClN3O4. The molecule has 25 heavy (non-hydrogen) atoms. The first-order valence-electron chi connectivity index (χ1n) is 8.93.